The first-order valence-corrected chi connectivity index (χ1v) is 32.0. The van der Waals surface area contributed by atoms with Gasteiger partial charge in [-0.1, -0.05) is 50.7 Å². The van der Waals surface area contributed by atoms with Crippen LogP contribution in [0, 0.1) is 6.92 Å². The first kappa shape index (κ1) is 75.6. The molecule has 33 heteroatoms. The van der Waals surface area contributed by atoms with E-state index in [1.54, 1.807) is 19.6 Å². The van der Waals surface area contributed by atoms with Gasteiger partial charge in [-0.2, -0.15) is 15.0 Å². The van der Waals surface area contributed by atoms with Crippen LogP contribution in [0.5, 0.6) is 0 Å². The molecule has 4 heterocycles. The van der Waals surface area contributed by atoms with Crippen molar-refractivity contribution in [1.82, 2.24) is 60.3 Å². The van der Waals surface area contributed by atoms with Crippen molar-refractivity contribution in [3.63, 3.8) is 0 Å². The van der Waals surface area contributed by atoms with Crippen LogP contribution in [-0.2, 0) is 49.6 Å². The Morgan fingerprint density at radius 2 is 0.946 bits per heavy atom. The number of aromatic nitrogens is 3. The molecule has 0 saturated carbocycles. The molecule has 1 aromatic heterocycles. The van der Waals surface area contributed by atoms with Crippen LogP contribution in [0.2, 0.25) is 0 Å². The fourth-order valence-corrected chi connectivity index (χ4v) is 11.5. The molecule has 0 aliphatic carbocycles. The third kappa shape index (κ3) is 29.6. The van der Waals surface area contributed by atoms with Crippen molar-refractivity contribution < 1.29 is 88.8 Å². The summed E-state index contributed by atoms with van der Waals surface area (Å²) in [5, 5.41) is 87.0. The molecule has 1 aromatic carbocycles. The molecule has 3 fully saturated rings. The van der Waals surface area contributed by atoms with Crippen molar-refractivity contribution in [3.8, 4) is 0 Å². The molecule has 518 valence electrons. The topological polar surface area (TPSA) is 445 Å². The number of aliphatic carboxylic acids is 8. The zero-order valence-corrected chi connectivity index (χ0v) is 53.2. The number of anilines is 4. The fraction of sp³-hybridized carbons (Fsp3) is 0.683. The number of rotatable bonds is 39. The Balaban J connectivity index is 1.10. The zero-order chi connectivity index (χ0) is 67.8. The number of benzene rings is 1. The SMILES string of the molecule is Cc1cc(CC2CN(CC(=O)O)CCN(CC(=O)O)CCN(CC(=O)O)CCN2CC(=O)O)ccc1Nc1nc(N2CCN(CCCCCCCCCCC(=O)NCCCC[C@H](NC(=O)N[C@@H](CCC(=O)O)C(=O)O)C(=O)O)CC2)nc(N2CCN(CC(=O)O)CC2)n1. The number of unbranched alkanes of at least 4 members (excludes halogenated alkanes) is 8. The number of urea groups is 1. The minimum absolute atomic E-state index is 0.0385. The minimum atomic E-state index is -1.50. The maximum atomic E-state index is 12.4. The molecule has 0 bridgehead atoms. The number of nitrogens with one attached hydrogen (secondary N) is 4. The van der Waals surface area contributed by atoms with Gasteiger partial charge in [-0.25, -0.2) is 14.4 Å². The Labute approximate surface area is 540 Å². The second-order valence-corrected chi connectivity index (χ2v) is 24.0. The highest BCUT2D eigenvalue weighted by Crippen LogP contribution is 2.26. The third-order valence-corrected chi connectivity index (χ3v) is 16.6. The molecule has 5 rings (SSSR count). The minimum Gasteiger partial charge on any atom is -0.481 e. The molecular formula is C60H95N15O18. The molecule has 3 amide bonds. The summed E-state index contributed by atoms with van der Waals surface area (Å²) in [7, 11) is 0. The van der Waals surface area contributed by atoms with E-state index in [9.17, 15) is 83.7 Å². The number of carbonyl (C=O) groups is 10. The highest BCUT2D eigenvalue weighted by molar-refractivity contribution is 5.86. The molecule has 93 heavy (non-hydrogen) atoms. The molecule has 0 radical (unpaired) electrons. The van der Waals surface area contributed by atoms with Gasteiger partial charge in [0, 0.05) is 129 Å². The van der Waals surface area contributed by atoms with Crippen molar-refractivity contribution >= 4 is 83.2 Å². The molecule has 3 atom stereocenters. The van der Waals surface area contributed by atoms with E-state index in [1.807, 2.05) is 34.9 Å². The first-order chi connectivity index (χ1) is 44.4. The maximum absolute atomic E-state index is 12.4. The monoisotopic (exact) mass is 1310 g/mol. The van der Waals surface area contributed by atoms with Crippen LogP contribution in [0.25, 0.3) is 0 Å². The summed E-state index contributed by atoms with van der Waals surface area (Å²) in [4.78, 5) is 148. The molecule has 12 N–H and O–H groups in total. The van der Waals surface area contributed by atoms with E-state index in [-0.39, 0.29) is 90.7 Å². The summed E-state index contributed by atoms with van der Waals surface area (Å²) in [6.45, 7) is 7.81. The van der Waals surface area contributed by atoms with Crippen LogP contribution in [0.1, 0.15) is 101 Å². The predicted octanol–water partition coefficient (Wildman–Crippen LogP) is 0.591. The molecular weight excluding hydrogens is 1220 g/mol. The largest absolute Gasteiger partial charge is 0.481 e. The molecule has 3 aliphatic rings. The molecule has 0 spiro atoms. The fourth-order valence-electron chi connectivity index (χ4n) is 11.5. The van der Waals surface area contributed by atoms with Crippen LogP contribution >= 0.6 is 0 Å². The van der Waals surface area contributed by atoms with Crippen LogP contribution in [-0.4, -0.2) is 307 Å². The summed E-state index contributed by atoms with van der Waals surface area (Å²) in [5.74, 6) is -8.12. The number of aryl methyl sites for hydroxylation is 1. The van der Waals surface area contributed by atoms with Gasteiger partial charge in [-0.3, -0.25) is 63.0 Å². The molecule has 2 aromatic rings. The highest BCUT2D eigenvalue weighted by atomic mass is 16.4. The van der Waals surface area contributed by atoms with E-state index in [2.05, 4.69) is 31.1 Å². The average molecular weight is 1310 g/mol. The van der Waals surface area contributed by atoms with Gasteiger partial charge in [0.15, 0.2) is 0 Å². The van der Waals surface area contributed by atoms with E-state index in [1.165, 1.54) is 0 Å². The van der Waals surface area contributed by atoms with Gasteiger partial charge in [-0.15, -0.1) is 0 Å². The third-order valence-electron chi connectivity index (χ3n) is 16.6. The zero-order valence-electron chi connectivity index (χ0n) is 53.2. The van der Waals surface area contributed by atoms with E-state index in [4.69, 9.17) is 20.1 Å². The van der Waals surface area contributed by atoms with Crippen molar-refractivity contribution in [3.05, 3.63) is 29.3 Å². The number of amides is 3. The van der Waals surface area contributed by atoms with Gasteiger partial charge >= 0.3 is 53.8 Å². The van der Waals surface area contributed by atoms with Crippen molar-refractivity contribution in [2.24, 2.45) is 0 Å². The van der Waals surface area contributed by atoms with Gasteiger partial charge in [-0.05, 0) is 75.6 Å². The second-order valence-electron chi connectivity index (χ2n) is 24.0. The van der Waals surface area contributed by atoms with E-state index in [0.29, 0.717) is 95.0 Å². The first-order valence-electron chi connectivity index (χ1n) is 32.0. The van der Waals surface area contributed by atoms with Crippen LogP contribution in [0.3, 0.4) is 0 Å². The van der Waals surface area contributed by atoms with E-state index in [0.717, 1.165) is 82.1 Å². The predicted molar refractivity (Wildman–Crippen MR) is 338 cm³/mol. The number of carbonyl (C=O) groups excluding carboxylic acids is 2. The summed E-state index contributed by atoms with van der Waals surface area (Å²) < 4.78 is 0. The van der Waals surface area contributed by atoms with Gasteiger partial charge in [0.2, 0.25) is 23.8 Å². The quantitative estimate of drug-likeness (QED) is 0.0408. The summed E-state index contributed by atoms with van der Waals surface area (Å²) >= 11 is 0. The number of hydrogen-bond donors (Lipinski definition) is 12. The van der Waals surface area contributed by atoms with Crippen molar-refractivity contribution in [2.45, 2.75) is 121 Å². The maximum Gasteiger partial charge on any atom is 0.326 e. The lowest BCUT2D eigenvalue weighted by Crippen LogP contribution is -2.53. The Morgan fingerprint density at radius 1 is 0.484 bits per heavy atom. The van der Waals surface area contributed by atoms with E-state index >= 15 is 0 Å². The summed E-state index contributed by atoms with van der Waals surface area (Å²) in [6, 6.07) is 1.33. The number of carboxylic acid groups (broad SMARTS) is 8. The lowest BCUT2D eigenvalue weighted by Gasteiger charge is -2.37. The normalized spacial score (nSPS) is 17.7. The average Bonchev–Trinajstić information content (AvgIpc) is 0.933. The van der Waals surface area contributed by atoms with Gasteiger partial charge in [0.1, 0.15) is 12.1 Å². The Kier molecular flexibility index (Phi) is 32.6. The molecule has 33 nitrogen and oxygen atoms in total. The summed E-state index contributed by atoms with van der Waals surface area (Å²) in [5.41, 5.74) is 2.31. The molecule has 1 unspecified atom stereocenters. The standard InChI is InChI=1S/C60H95N15O18/c1-42-34-43(35-44-36-72(40-53(85)86)23-22-69(37-50(79)80)20-21-70(38-51(81)82)28-33-75(44)41-54(87)88)14-15-45(42)62-57-65-58(67-59(66-57)74-31-26-71(27-32-74)39-52(83)84)73-29-24-68(25-30-73)19-11-7-5-3-2-4-6-8-13-48(76)61-18-10-9-12-46(55(89)90)63-60(93)64-47(56(91)92)16-17-49(77)78/h14-15,34,44,46-47H,2-13,16-33,35-41H2,1H3,(H,61,76)(H,77,78)(H,79,80)(H,81,82)(H,83,84)(H,85,86)(H,87,88)(H,89,90)(H,91,92)(H2,63,64,93)(H,62,65,66,67)/t44?,46-,47-/m0/s1. The number of carboxylic acids is 8. The van der Waals surface area contributed by atoms with Gasteiger partial charge < -0.3 is 71.9 Å². The number of hydrogen-bond acceptors (Lipinski definition) is 22. The lowest BCUT2D eigenvalue weighted by molar-refractivity contribution is -0.142. The summed E-state index contributed by atoms with van der Waals surface area (Å²) in [6.07, 6.45) is 8.74. The Bertz CT molecular complexity index is 2790. The number of nitrogens with zero attached hydrogens (tertiary/aromatic N) is 11. The Hall–Kier alpha value is -8.11. The van der Waals surface area contributed by atoms with Crippen LogP contribution in [0.15, 0.2) is 18.2 Å². The van der Waals surface area contributed by atoms with Gasteiger partial charge in [0.05, 0.1) is 32.7 Å². The highest BCUT2D eigenvalue weighted by Gasteiger charge is 2.30. The van der Waals surface area contributed by atoms with Crippen LogP contribution < -0.4 is 31.1 Å². The lowest BCUT2D eigenvalue weighted by atomic mass is 10.0. The van der Waals surface area contributed by atoms with Crippen molar-refractivity contribution in [1.29, 1.82) is 0 Å². The smallest absolute Gasteiger partial charge is 0.326 e. The second kappa shape index (κ2) is 40.1. The molecule has 3 aliphatic heterocycles. The Morgan fingerprint density at radius 3 is 1.45 bits per heavy atom. The van der Waals surface area contributed by atoms with E-state index < -0.39 is 84.9 Å². The van der Waals surface area contributed by atoms with Crippen molar-refractivity contribution in [2.75, 3.05) is 159 Å². The van der Waals surface area contributed by atoms with Gasteiger partial charge in [0.25, 0.3) is 0 Å². The number of piperazine rings is 2. The molecule has 3 saturated heterocycles. The van der Waals surface area contributed by atoms with Crippen LogP contribution in [0.4, 0.5) is 28.3 Å².